The first-order valence-corrected chi connectivity index (χ1v) is 3.47. The minimum Gasteiger partial charge on any atom is -0.298 e. The fourth-order valence-electron chi connectivity index (χ4n) is 0.254. The number of hydrogen-bond acceptors (Lipinski definition) is 2. The summed E-state index contributed by atoms with van der Waals surface area (Å²) in [7, 11) is 0. The molecule has 0 heterocycles. The van der Waals surface area contributed by atoms with Crippen molar-refractivity contribution in [2.75, 3.05) is 5.33 Å². The maximum Gasteiger partial charge on any atom is 0.152 e. The van der Waals surface area contributed by atoms with Crippen molar-refractivity contribution >= 4 is 21.7 Å². The van der Waals surface area contributed by atoms with Crippen molar-refractivity contribution < 1.29 is 4.79 Å². The van der Waals surface area contributed by atoms with Gasteiger partial charge in [-0.15, -0.1) is 0 Å². The second-order valence-corrected chi connectivity index (χ2v) is 2.04. The molecule has 0 spiro atoms. The largest absolute Gasteiger partial charge is 0.298 e. The molecule has 0 unspecified atom stereocenters. The molecule has 0 aromatic carbocycles. The highest BCUT2D eigenvalue weighted by Gasteiger charge is 2.06. The van der Waals surface area contributed by atoms with E-state index >= 15 is 0 Å². The molecule has 0 rings (SSSR count). The van der Waals surface area contributed by atoms with Gasteiger partial charge in [-0.05, 0) is 12.5 Å². The van der Waals surface area contributed by atoms with Crippen molar-refractivity contribution in [3.8, 4) is 0 Å². The SMILES string of the molecule is C[C@H](N=[N+]=[N-])C(=O)CBr. The zero-order chi connectivity index (χ0) is 7.28. The van der Waals surface area contributed by atoms with E-state index in [2.05, 4.69) is 26.0 Å². The fraction of sp³-hybridized carbons (Fsp3) is 0.750. The number of rotatable bonds is 3. The van der Waals surface area contributed by atoms with Crippen LogP contribution in [0.2, 0.25) is 0 Å². The molecule has 0 aromatic rings. The Hall–Kier alpha value is -0.540. The lowest BCUT2D eigenvalue weighted by Crippen LogP contribution is -2.14. The van der Waals surface area contributed by atoms with Crippen molar-refractivity contribution in [3.05, 3.63) is 10.4 Å². The zero-order valence-corrected chi connectivity index (χ0v) is 6.50. The molecule has 1 atom stereocenters. The monoisotopic (exact) mass is 191 g/mol. The van der Waals surface area contributed by atoms with Gasteiger partial charge in [-0.25, -0.2) is 0 Å². The molecule has 0 aromatic heterocycles. The van der Waals surface area contributed by atoms with Gasteiger partial charge in [-0.3, -0.25) is 4.79 Å². The van der Waals surface area contributed by atoms with Crippen molar-refractivity contribution in [2.45, 2.75) is 13.0 Å². The third-order valence-electron chi connectivity index (χ3n) is 0.823. The van der Waals surface area contributed by atoms with Crippen LogP contribution in [0.4, 0.5) is 0 Å². The van der Waals surface area contributed by atoms with Gasteiger partial charge >= 0.3 is 0 Å². The molecule has 9 heavy (non-hydrogen) atoms. The maximum absolute atomic E-state index is 10.6. The highest BCUT2D eigenvalue weighted by atomic mass is 79.9. The van der Waals surface area contributed by atoms with Crippen molar-refractivity contribution in [2.24, 2.45) is 5.11 Å². The Morgan fingerprint density at radius 2 is 2.56 bits per heavy atom. The van der Waals surface area contributed by atoms with Crippen molar-refractivity contribution in [3.63, 3.8) is 0 Å². The van der Waals surface area contributed by atoms with Crippen LogP contribution in [0.15, 0.2) is 5.11 Å². The van der Waals surface area contributed by atoms with Crippen molar-refractivity contribution in [1.29, 1.82) is 0 Å². The minimum atomic E-state index is -0.547. The number of carbonyl (C=O) groups excluding carboxylic acids is 1. The maximum atomic E-state index is 10.6. The van der Waals surface area contributed by atoms with Gasteiger partial charge in [-0.1, -0.05) is 21.0 Å². The van der Waals surface area contributed by atoms with E-state index in [4.69, 9.17) is 5.53 Å². The molecule has 0 saturated carbocycles. The Balaban J connectivity index is 3.87. The summed E-state index contributed by atoms with van der Waals surface area (Å²) in [6.07, 6.45) is 0. The number of azide groups is 1. The molecule has 5 heteroatoms. The predicted octanol–water partition coefficient (Wildman–Crippen LogP) is 1.65. The average molecular weight is 192 g/mol. The fourth-order valence-corrected chi connectivity index (χ4v) is 0.722. The summed E-state index contributed by atoms with van der Waals surface area (Å²) in [6.45, 7) is 1.56. The van der Waals surface area contributed by atoms with E-state index in [1.807, 2.05) is 0 Å². The van der Waals surface area contributed by atoms with Gasteiger partial charge in [0.1, 0.15) is 0 Å². The molecule has 50 valence electrons. The molecule has 0 amide bonds. The van der Waals surface area contributed by atoms with Crippen LogP contribution in [0, 0.1) is 0 Å². The van der Waals surface area contributed by atoms with Gasteiger partial charge in [0.2, 0.25) is 0 Å². The zero-order valence-electron chi connectivity index (χ0n) is 4.91. The number of alkyl halides is 1. The Kier molecular flexibility index (Phi) is 4.09. The Morgan fingerprint density at radius 3 is 2.89 bits per heavy atom. The molecule has 0 aliphatic heterocycles. The van der Waals surface area contributed by atoms with E-state index in [0.29, 0.717) is 0 Å². The van der Waals surface area contributed by atoms with E-state index in [1.165, 1.54) is 0 Å². The van der Waals surface area contributed by atoms with E-state index in [9.17, 15) is 4.79 Å². The normalized spacial score (nSPS) is 11.8. The summed E-state index contributed by atoms with van der Waals surface area (Å²) in [5, 5.41) is 3.44. The Bertz CT molecular complexity index is 152. The molecule has 4 nitrogen and oxygen atoms in total. The third kappa shape index (κ3) is 3.11. The molecular weight excluding hydrogens is 186 g/mol. The first kappa shape index (κ1) is 8.46. The summed E-state index contributed by atoms with van der Waals surface area (Å²) in [4.78, 5) is 13.1. The number of halogens is 1. The van der Waals surface area contributed by atoms with E-state index < -0.39 is 6.04 Å². The predicted molar refractivity (Wildman–Crippen MR) is 37.4 cm³/mol. The molecular formula is C4H6BrN3O. The molecule has 0 aliphatic carbocycles. The van der Waals surface area contributed by atoms with Crippen LogP contribution >= 0.6 is 15.9 Å². The quantitative estimate of drug-likeness (QED) is 0.290. The topological polar surface area (TPSA) is 65.8 Å². The van der Waals surface area contributed by atoms with E-state index in [1.54, 1.807) is 6.92 Å². The lowest BCUT2D eigenvalue weighted by atomic mass is 10.3. The second-order valence-electron chi connectivity index (χ2n) is 1.48. The van der Waals surface area contributed by atoms with E-state index in [0.717, 1.165) is 0 Å². The molecule has 0 bridgehead atoms. The van der Waals surface area contributed by atoms with Gasteiger partial charge in [0, 0.05) is 4.91 Å². The second kappa shape index (κ2) is 4.35. The Morgan fingerprint density at radius 1 is 2.00 bits per heavy atom. The standard InChI is InChI=1S/C4H6BrN3O/c1-3(7-8-6)4(9)2-5/h3H,2H2,1H3/t3-/m0/s1. The van der Waals surface area contributed by atoms with Gasteiger partial charge in [0.15, 0.2) is 5.78 Å². The van der Waals surface area contributed by atoms with Crippen molar-refractivity contribution in [1.82, 2.24) is 0 Å². The van der Waals surface area contributed by atoms with Gasteiger partial charge < -0.3 is 0 Å². The highest BCUT2D eigenvalue weighted by Crippen LogP contribution is 1.94. The lowest BCUT2D eigenvalue weighted by Gasteiger charge is -1.95. The van der Waals surface area contributed by atoms with Crippen LogP contribution in [0.25, 0.3) is 10.4 Å². The number of Topliss-reactive ketones (excluding diaryl/α,β-unsaturated/α-hetero) is 1. The summed E-state index contributed by atoms with van der Waals surface area (Å²) in [6, 6.07) is -0.547. The summed E-state index contributed by atoms with van der Waals surface area (Å²) in [5.41, 5.74) is 7.87. The lowest BCUT2D eigenvalue weighted by molar-refractivity contribution is -0.117. The summed E-state index contributed by atoms with van der Waals surface area (Å²) in [5.74, 6) is -0.104. The number of nitrogens with zero attached hydrogens (tertiary/aromatic N) is 3. The van der Waals surface area contributed by atoms with Crippen LogP contribution in [-0.4, -0.2) is 17.2 Å². The molecule has 0 fully saturated rings. The molecule has 0 N–H and O–H groups in total. The number of hydrogen-bond donors (Lipinski definition) is 0. The summed E-state index contributed by atoms with van der Waals surface area (Å²) >= 11 is 2.95. The van der Waals surface area contributed by atoms with Gasteiger partial charge in [-0.2, -0.15) is 0 Å². The third-order valence-corrected chi connectivity index (χ3v) is 1.38. The Labute approximate surface area is 61.0 Å². The molecule has 0 radical (unpaired) electrons. The van der Waals surface area contributed by atoms with Crippen LogP contribution in [0.3, 0.4) is 0 Å². The minimum absolute atomic E-state index is 0.104. The number of ketones is 1. The van der Waals surface area contributed by atoms with Crippen LogP contribution < -0.4 is 0 Å². The first-order valence-electron chi connectivity index (χ1n) is 2.35. The molecule has 0 aliphatic rings. The first-order chi connectivity index (χ1) is 4.22. The van der Waals surface area contributed by atoms with Gasteiger partial charge in [0.05, 0.1) is 11.4 Å². The highest BCUT2D eigenvalue weighted by molar-refractivity contribution is 9.09. The van der Waals surface area contributed by atoms with Crippen LogP contribution in [0.1, 0.15) is 6.92 Å². The van der Waals surface area contributed by atoms with Crippen LogP contribution in [-0.2, 0) is 4.79 Å². The average Bonchev–Trinajstić information content (AvgIpc) is 1.87. The smallest absolute Gasteiger partial charge is 0.152 e. The molecule has 0 saturated heterocycles. The van der Waals surface area contributed by atoms with Crippen LogP contribution in [0.5, 0.6) is 0 Å². The number of carbonyl (C=O) groups is 1. The van der Waals surface area contributed by atoms with E-state index in [-0.39, 0.29) is 11.1 Å². The summed E-state index contributed by atoms with van der Waals surface area (Å²) < 4.78 is 0. The van der Waals surface area contributed by atoms with Gasteiger partial charge in [0.25, 0.3) is 0 Å².